The van der Waals surface area contributed by atoms with Crippen molar-refractivity contribution >= 4 is 18.0 Å². The number of phenols is 1. The van der Waals surface area contributed by atoms with E-state index < -0.39 is 11.8 Å². The van der Waals surface area contributed by atoms with Gasteiger partial charge in [-0.15, -0.1) is 0 Å². The number of aromatic hydroxyl groups is 1. The molecule has 0 aliphatic rings. The number of ether oxygens (including phenoxy) is 1. The Morgan fingerprint density at radius 1 is 1.17 bits per heavy atom. The number of hydrogen-bond acceptors (Lipinski definition) is 5. The zero-order valence-electron chi connectivity index (χ0n) is 12.1. The van der Waals surface area contributed by atoms with Crippen molar-refractivity contribution in [3.8, 4) is 11.5 Å². The van der Waals surface area contributed by atoms with E-state index in [1.54, 1.807) is 36.4 Å². The van der Waals surface area contributed by atoms with Crippen LogP contribution in [0.15, 0.2) is 53.6 Å². The number of carbonyl (C=O) groups is 2. The molecule has 2 rings (SSSR count). The maximum Gasteiger partial charge on any atom is 0.277 e. The molecule has 0 fully saturated rings. The monoisotopic (exact) mass is 313 g/mol. The van der Waals surface area contributed by atoms with Gasteiger partial charge in [-0.05, 0) is 24.3 Å². The molecule has 0 saturated heterocycles. The van der Waals surface area contributed by atoms with Crippen LogP contribution in [0.5, 0.6) is 11.5 Å². The van der Waals surface area contributed by atoms with Gasteiger partial charge in [-0.2, -0.15) is 5.10 Å². The number of hydrazone groups is 1. The third-order valence-corrected chi connectivity index (χ3v) is 2.84. The number of hydrogen-bond donors (Lipinski definition) is 3. The van der Waals surface area contributed by atoms with Crippen LogP contribution in [-0.4, -0.2) is 29.7 Å². The van der Waals surface area contributed by atoms with E-state index in [0.29, 0.717) is 5.56 Å². The van der Waals surface area contributed by atoms with Crippen LogP contribution < -0.4 is 15.9 Å². The van der Waals surface area contributed by atoms with Crippen molar-refractivity contribution in [2.75, 3.05) is 6.61 Å². The molecule has 23 heavy (non-hydrogen) atoms. The first-order chi connectivity index (χ1) is 11.1. The molecule has 0 bridgehead atoms. The summed E-state index contributed by atoms with van der Waals surface area (Å²) in [5.74, 6) is -0.883. The lowest BCUT2D eigenvalue weighted by atomic mass is 10.2. The third-order valence-electron chi connectivity index (χ3n) is 2.84. The van der Waals surface area contributed by atoms with Crippen LogP contribution in [0, 0.1) is 0 Å². The summed E-state index contributed by atoms with van der Waals surface area (Å²) in [6.45, 7) is -0.331. The highest BCUT2D eigenvalue weighted by molar-refractivity contribution is 5.95. The zero-order valence-corrected chi connectivity index (χ0v) is 12.1. The number of carbonyl (C=O) groups excluding carboxylic acids is 2. The van der Waals surface area contributed by atoms with Crippen molar-refractivity contribution in [2.45, 2.75) is 0 Å². The molecule has 7 nitrogen and oxygen atoms in total. The largest absolute Gasteiger partial charge is 0.507 e. The number of primary amides is 1. The van der Waals surface area contributed by atoms with Gasteiger partial charge < -0.3 is 15.6 Å². The van der Waals surface area contributed by atoms with E-state index in [1.807, 2.05) is 0 Å². The maximum absolute atomic E-state index is 11.6. The fourth-order valence-corrected chi connectivity index (χ4v) is 1.74. The fraction of sp³-hybridized carbons (Fsp3) is 0.0625. The molecular formula is C16H15N3O4. The van der Waals surface area contributed by atoms with Crippen molar-refractivity contribution in [3.05, 3.63) is 59.7 Å². The number of amides is 2. The minimum absolute atomic E-state index is 0.0529. The lowest BCUT2D eigenvalue weighted by Gasteiger charge is -2.08. The van der Waals surface area contributed by atoms with Gasteiger partial charge in [0, 0.05) is 5.56 Å². The molecule has 0 aromatic heterocycles. The van der Waals surface area contributed by atoms with Gasteiger partial charge >= 0.3 is 0 Å². The van der Waals surface area contributed by atoms with E-state index in [-0.39, 0.29) is 23.7 Å². The Kier molecular flexibility index (Phi) is 5.30. The summed E-state index contributed by atoms with van der Waals surface area (Å²) in [4.78, 5) is 22.9. The number of rotatable bonds is 6. The number of para-hydroxylation sites is 2. The Morgan fingerprint density at radius 2 is 1.87 bits per heavy atom. The van der Waals surface area contributed by atoms with Gasteiger partial charge in [0.2, 0.25) is 0 Å². The first-order valence-corrected chi connectivity index (χ1v) is 6.69. The van der Waals surface area contributed by atoms with Gasteiger partial charge in [-0.1, -0.05) is 24.3 Å². The first kappa shape index (κ1) is 16.0. The summed E-state index contributed by atoms with van der Waals surface area (Å²) in [7, 11) is 0. The standard InChI is InChI=1S/C16H15N3O4/c17-16(22)12-6-2-4-8-14(12)23-10-15(21)19-18-9-11-5-1-3-7-13(11)20/h1-9,20H,10H2,(H2,17,22)(H,19,21). The Balaban J connectivity index is 1.89. The highest BCUT2D eigenvalue weighted by Crippen LogP contribution is 2.16. The number of phenolic OH excluding ortho intramolecular Hbond substituents is 1. The number of nitrogens with one attached hydrogen (secondary N) is 1. The van der Waals surface area contributed by atoms with E-state index >= 15 is 0 Å². The predicted octanol–water partition coefficient (Wildman–Crippen LogP) is 1.02. The van der Waals surface area contributed by atoms with E-state index in [2.05, 4.69) is 10.5 Å². The summed E-state index contributed by atoms with van der Waals surface area (Å²) in [6.07, 6.45) is 1.31. The second kappa shape index (κ2) is 7.60. The van der Waals surface area contributed by atoms with Gasteiger partial charge in [0.05, 0.1) is 11.8 Å². The number of benzene rings is 2. The SMILES string of the molecule is NC(=O)c1ccccc1OCC(=O)NN=Cc1ccccc1O. The van der Waals surface area contributed by atoms with Crippen LogP contribution in [0.3, 0.4) is 0 Å². The number of nitrogens with zero attached hydrogens (tertiary/aromatic N) is 1. The molecule has 0 aliphatic carbocycles. The van der Waals surface area contributed by atoms with Crippen molar-refractivity contribution in [3.63, 3.8) is 0 Å². The Labute approximate surface area is 132 Å². The summed E-state index contributed by atoms with van der Waals surface area (Å²) in [5.41, 5.74) is 8.13. The van der Waals surface area contributed by atoms with E-state index in [0.717, 1.165) is 0 Å². The molecule has 0 saturated carbocycles. The normalized spacial score (nSPS) is 10.4. The molecule has 0 heterocycles. The van der Waals surface area contributed by atoms with Gasteiger partial charge in [0.25, 0.3) is 11.8 Å². The van der Waals surface area contributed by atoms with Crippen molar-refractivity contribution < 1.29 is 19.4 Å². The lowest BCUT2D eigenvalue weighted by molar-refractivity contribution is -0.123. The molecule has 0 unspecified atom stereocenters. The van der Waals surface area contributed by atoms with Gasteiger partial charge in [0.1, 0.15) is 11.5 Å². The highest BCUT2D eigenvalue weighted by atomic mass is 16.5. The molecule has 2 aromatic carbocycles. The van der Waals surface area contributed by atoms with E-state index in [1.165, 1.54) is 18.3 Å². The van der Waals surface area contributed by atoms with E-state index in [9.17, 15) is 14.7 Å². The molecule has 0 spiro atoms. The van der Waals surface area contributed by atoms with Crippen LogP contribution in [0.4, 0.5) is 0 Å². The van der Waals surface area contributed by atoms with Crippen molar-refractivity contribution in [2.24, 2.45) is 10.8 Å². The molecule has 2 amide bonds. The third kappa shape index (κ3) is 4.57. The molecular weight excluding hydrogens is 298 g/mol. The first-order valence-electron chi connectivity index (χ1n) is 6.69. The molecule has 0 aliphatic heterocycles. The lowest BCUT2D eigenvalue weighted by Crippen LogP contribution is -2.25. The molecule has 2 aromatic rings. The van der Waals surface area contributed by atoms with Gasteiger partial charge in [-0.25, -0.2) is 5.43 Å². The van der Waals surface area contributed by atoms with Crippen molar-refractivity contribution in [1.82, 2.24) is 5.43 Å². The topological polar surface area (TPSA) is 114 Å². The summed E-state index contributed by atoms with van der Waals surface area (Å²) in [6, 6.07) is 12.9. The molecule has 118 valence electrons. The average Bonchev–Trinajstić information content (AvgIpc) is 2.55. The average molecular weight is 313 g/mol. The maximum atomic E-state index is 11.6. The minimum atomic E-state index is -0.640. The minimum Gasteiger partial charge on any atom is -0.507 e. The smallest absolute Gasteiger partial charge is 0.277 e. The van der Waals surface area contributed by atoms with Crippen LogP contribution >= 0.6 is 0 Å². The molecule has 0 radical (unpaired) electrons. The highest BCUT2D eigenvalue weighted by Gasteiger charge is 2.09. The fourth-order valence-electron chi connectivity index (χ4n) is 1.74. The van der Waals surface area contributed by atoms with Crippen molar-refractivity contribution in [1.29, 1.82) is 0 Å². The summed E-state index contributed by atoms with van der Waals surface area (Å²) in [5, 5.41) is 13.3. The van der Waals surface area contributed by atoms with Crippen LogP contribution in [0.2, 0.25) is 0 Å². The second-order valence-corrected chi connectivity index (χ2v) is 4.50. The predicted molar refractivity (Wildman–Crippen MR) is 84.3 cm³/mol. The molecule has 4 N–H and O–H groups in total. The number of nitrogens with two attached hydrogens (primary N) is 1. The summed E-state index contributed by atoms with van der Waals surface area (Å²) < 4.78 is 5.25. The zero-order chi connectivity index (χ0) is 16.7. The van der Waals surface area contributed by atoms with Crippen LogP contribution in [-0.2, 0) is 4.79 Å². The van der Waals surface area contributed by atoms with Crippen LogP contribution in [0.1, 0.15) is 15.9 Å². The Bertz CT molecular complexity index is 744. The Morgan fingerprint density at radius 3 is 2.61 bits per heavy atom. The molecule has 0 atom stereocenters. The quantitative estimate of drug-likeness (QED) is 0.545. The summed E-state index contributed by atoms with van der Waals surface area (Å²) >= 11 is 0. The molecule has 7 heteroatoms. The van der Waals surface area contributed by atoms with Gasteiger partial charge in [-0.3, -0.25) is 9.59 Å². The van der Waals surface area contributed by atoms with Gasteiger partial charge in [0.15, 0.2) is 6.61 Å². The van der Waals surface area contributed by atoms with Crippen LogP contribution in [0.25, 0.3) is 0 Å². The second-order valence-electron chi connectivity index (χ2n) is 4.50. The Hall–Kier alpha value is -3.35. The van der Waals surface area contributed by atoms with E-state index in [4.69, 9.17) is 10.5 Å².